The zero-order chi connectivity index (χ0) is 13.3. The summed E-state index contributed by atoms with van der Waals surface area (Å²) in [4.78, 5) is 0.254. The fraction of sp³-hybridized carbons (Fsp3) is 0.455. The lowest BCUT2D eigenvalue weighted by Crippen LogP contribution is -2.31. The quantitative estimate of drug-likeness (QED) is 0.876. The maximum absolute atomic E-state index is 12.3. The van der Waals surface area contributed by atoms with Crippen molar-refractivity contribution in [3.63, 3.8) is 0 Å². The average molecular weight is 372 g/mol. The smallest absolute Gasteiger partial charge is 0.243 e. The normalized spacial score (nSPS) is 20.1. The van der Waals surface area contributed by atoms with E-state index in [1.807, 2.05) is 0 Å². The zero-order valence-corrected chi connectivity index (χ0v) is 13.6. The predicted molar refractivity (Wildman–Crippen MR) is 79.3 cm³/mol. The molecule has 1 atom stereocenters. The fourth-order valence-electron chi connectivity index (χ4n) is 1.93. The van der Waals surface area contributed by atoms with Crippen molar-refractivity contribution in [2.45, 2.75) is 17.4 Å². The fourth-order valence-corrected chi connectivity index (χ4v) is 4.16. The molecule has 19 heavy (non-hydrogen) atoms. The first-order chi connectivity index (χ1) is 8.45. The first-order valence-electron chi connectivity index (χ1n) is 5.54. The van der Waals surface area contributed by atoms with Crippen LogP contribution in [0.3, 0.4) is 0 Å². The summed E-state index contributed by atoms with van der Waals surface area (Å²) in [6.45, 7) is 0.860. The number of sulfonamides is 1. The van der Waals surface area contributed by atoms with E-state index in [9.17, 15) is 8.42 Å². The van der Waals surface area contributed by atoms with Crippen LogP contribution < -0.4 is 10.5 Å². The van der Waals surface area contributed by atoms with Crippen molar-refractivity contribution in [3.8, 4) is 5.75 Å². The lowest BCUT2D eigenvalue weighted by atomic mass is 10.3. The molecule has 5 nitrogen and oxygen atoms in total. The van der Waals surface area contributed by atoms with Crippen LogP contribution in [0.4, 0.5) is 0 Å². The summed E-state index contributed by atoms with van der Waals surface area (Å²) in [6.07, 6.45) is 0.705. The molecule has 0 aliphatic carbocycles. The summed E-state index contributed by atoms with van der Waals surface area (Å²) in [7, 11) is -1.92. The molecular formula is C11H16BrClN2O3S. The molecule has 1 heterocycles. The number of nitrogens with zero attached hydrogens (tertiary/aromatic N) is 1. The van der Waals surface area contributed by atoms with Gasteiger partial charge < -0.3 is 10.5 Å². The van der Waals surface area contributed by atoms with Gasteiger partial charge in [0.2, 0.25) is 10.0 Å². The van der Waals surface area contributed by atoms with E-state index in [0.29, 0.717) is 29.7 Å². The van der Waals surface area contributed by atoms with Crippen molar-refractivity contribution in [3.05, 3.63) is 22.7 Å². The van der Waals surface area contributed by atoms with Crippen molar-refractivity contribution in [2.24, 2.45) is 5.73 Å². The van der Waals surface area contributed by atoms with E-state index in [2.05, 4.69) is 15.9 Å². The van der Waals surface area contributed by atoms with Crippen molar-refractivity contribution in [1.82, 2.24) is 4.31 Å². The Morgan fingerprint density at radius 3 is 2.63 bits per heavy atom. The van der Waals surface area contributed by atoms with Gasteiger partial charge >= 0.3 is 0 Å². The Balaban J connectivity index is 0.00000180. The van der Waals surface area contributed by atoms with E-state index >= 15 is 0 Å². The van der Waals surface area contributed by atoms with Crippen LogP contribution >= 0.6 is 28.3 Å². The van der Waals surface area contributed by atoms with Crippen LogP contribution in [0.1, 0.15) is 6.42 Å². The molecule has 0 radical (unpaired) electrons. The van der Waals surface area contributed by atoms with Crippen LogP contribution in [-0.4, -0.2) is 39.0 Å². The van der Waals surface area contributed by atoms with Gasteiger partial charge in [0.05, 0.1) is 16.5 Å². The molecule has 0 amide bonds. The van der Waals surface area contributed by atoms with E-state index in [4.69, 9.17) is 10.5 Å². The summed E-state index contributed by atoms with van der Waals surface area (Å²) < 4.78 is 31.8. The van der Waals surface area contributed by atoms with Gasteiger partial charge in [-0.1, -0.05) is 0 Å². The van der Waals surface area contributed by atoms with Gasteiger partial charge in [0.15, 0.2) is 0 Å². The lowest BCUT2D eigenvalue weighted by molar-refractivity contribution is 0.411. The van der Waals surface area contributed by atoms with E-state index < -0.39 is 10.0 Å². The third kappa shape index (κ3) is 3.41. The van der Waals surface area contributed by atoms with Crippen molar-refractivity contribution < 1.29 is 13.2 Å². The Morgan fingerprint density at radius 2 is 2.16 bits per heavy atom. The Bertz CT molecular complexity index is 553. The van der Waals surface area contributed by atoms with Crippen molar-refractivity contribution >= 4 is 38.4 Å². The first kappa shape index (κ1) is 16.7. The van der Waals surface area contributed by atoms with Crippen LogP contribution in [0, 0.1) is 0 Å². The molecule has 8 heteroatoms. The number of methoxy groups -OCH3 is 1. The average Bonchev–Trinajstić information content (AvgIpc) is 2.76. The summed E-state index contributed by atoms with van der Waals surface area (Å²) >= 11 is 3.29. The largest absolute Gasteiger partial charge is 0.496 e. The molecule has 2 rings (SSSR count). The van der Waals surface area contributed by atoms with Gasteiger partial charge in [-0.05, 0) is 40.5 Å². The predicted octanol–water partition coefficient (Wildman–Crippen LogP) is 1.60. The van der Waals surface area contributed by atoms with Crippen LogP contribution in [-0.2, 0) is 10.0 Å². The molecule has 0 spiro atoms. The SMILES string of the molecule is COc1ccc(S(=O)(=O)N2CCC(N)C2)cc1Br.Cl. The van der Waals surface area contributed by atoms with Gasteiger partial charge in [-0.15, -0.1) is 12.4 Å². The molecule has 1 aliphatic heterocycles. The number of rotatable bonds is 3. The molecular weight excluding hydrogens is 356 g/mol. The van der Waals surface area contributed by atoms with Crippen LogP contribution in [0.5, 0.6) is 5.75 Å². The molecule has 2 N–H and O–H groups in total. The molecule has 1 aromatic rings. The monoisotopic (exact) mass is 370 g/mol. The third-order valence-electron chi connectivity index (χ3n) is 2.95. The number of hydrogen-bond acceptors (Lipinski definition) is 4. The second kappa shape index (κ2) is 6.41. The Labute approximate surface area is 127 Å². The van der Waals surface area contributed by atoms with Crippen LogP contribution in [0.15, 0.2) is 27.6 Å². The highest BCUT2D eigenvalue weighted by Crippen LogP contribution is 2.29. The number of nitrogens with two attached hydrogens (primary N) is 1. The summed E-state index contributed by atoms with van der Waals surface area (Å²) in [6, 6.07) is 4.66. The Kier molecular flexibility index (Phi) is 5.64. The first-order valence-corrected chi connectivity index (χ1v) is 7.77. The molecule has 0 aromatic heterocycles. The number of ether oxygens (including phenoxy) is 1. The molecule has 0 bridgehead atoms. The maximum Gasteiger partial charge on any atom is 0.243 e. The molecule has 1 unspecified atom stereocenters. The molecule has 1 aliphatic rings. The van der Waals surface area contributed by atoms with Gasteiger partial charge in [0.25, 0.3) is 0 Å². The maximum atomic E-state index is 12.3. The zero-order valence-electron chi connectivity index (χ0n) is 10.4. The second-order valence-electron chi connectivity index (χ2n) is 4.21. The molecule has 108 valence electrons. The van der Waals surface area contributed by atoms with Crippen LogP contribution in [0.25, 0.3) is 0 Å². The lowest BCUT2D eigenvalue weighted by Gasteiger charge is -2.16. The topological polar surface area (TPSA) is 72.6 Å². The summed E-state index contributed by atoms with van der Waals surface area (Å²) in [5.74, 6) is 0.604. The number of halogens is 2. The highest BCUT2D eigenvalue weighted by atomic mass is 79.9. The van der Waals surface area contributed by atoms with E-state index in [1.54, 1.807) is 18.2 Å². The summed E-state index contributed by atoms with van der Waals surface area (Å²) in [5.41, 5.74) is 5.74. The minimum absolute atomic E-state index is 0. The summed E-state index contributed by atoms with van der Waals surface area (Å²) in [5, 5.41) is 0. The minimum atomic E-state index is -3.45. The van der Waals surface area contributed by atoms with Gasteiger partial charge in [-0.2, -0.15) is 4.31 Å². The van der Waals surface area contributed by atoms with Gasteiger partial charge in [0.1, 0.15) is 5.75 Å². The van der Waals surface area contributed by atoms with Crippen molar-refractivity contribution in [2.75, 3.05) is 20.2 Å². The Hall–Kier alpha value is -0.340. The van der Waals surface area contributed by atoms with E-state index in [1.165, 1.54) is 11.4 Å². The standard InChI is InChI=1S/C11H15BrN2O3S.ClH/c1-17-11-3-2-9(6-10(11)12)18(15,16)14-5-4-8(13)7-14;/h2-3,6,8H,4-5,7,13H2,1H3;1H. The minimum Gasteiger partial charge on any atom is -0.496 e. The number of hydrogen-bond donors (Lipinski definition) is 1. The van der Waals surface area contributed by atoms with Crippen molar-refractivity contribution in [1.29, 1.82) is 0 Å². The Morgan fingerprint density at radius 1 is 1.47 bits per heavy atom. The molecule has 1 aromatic carbocycles. The number of benzene rings is 1. The van der Waals surface area contributed by atoms with Gasteiger partial charge in [-0.25, -0.2) is 8.42 Å². The van der Waals surface area contributed by atoms with Crippen LogP contribution in [0.2, 0.25) is 0 Å². The van der Waals surface area contributed by atoms with Gasteiger partial charge in [0, 0.05) is 19.1 Å². The second-order valence-corrected chi connectivity index (χ2v) is 7.00. The molecule has 1 fully saturated rings. The van der Waals surface area contributed by atoms with Gasteiger partial charge in [-0.3, -0.25) is 0 Å². The molecule has 0 saturated carbocycles. The third-order valence-corrected chi connectivity index (χ3v) is 5.43. The molecule has 1 saturated heterocycles. The highest BCUT2D eigenvalue weighted by Gasteiger charge is 2.31. The van der Waals surface area contributed by atoms with E-state index in [-0.39, 0.29) is 23.3 Å². The highest BCUT2D eigenvalue weighted by molar-refractivity contribution is 9.10. The van der Waals surface area contributed by atoms with E-state index in [0.717, 1.165) is 0 Å².